The quantitative estimate of drug-likeness (QED) is 0.734. The van der Waals surface area contributed by atoms with E-state index >= 15 is 0 Å². The van der Waals surface area contributed by atoms with Gasteiger partial charge in [-0.25, -0.2) is 14.5 Å². The molecule has 1 unspecified atom stereocenters. The fourth-order valence-corrected chi connectivity index (χ4v) is 3.09. The van der Waals surface area contributed by atoms with E-state index in [4.69, 9.17) is 4.74 Å². The van der Waals surface area contributed by atoms with E-state index in [2.05, 4.69) is 15.4 Å². The molecule has 0 saturated carbocycles. The maximum absolute atomic E-state index is 12.5. The summed E-state index contributed by atoms with van der Waals surface area (Å²) in [7, 11) is 0. The van der Waals surface area contributed by atoms with Crippen LogP contribution >= 0.6 is 0 Å². The lowest BCUT2D eigenvalue weighted by Crippen LogP contribution is -2.37. The Labute approximate surface area is 150 Å². The Morgan fingerprint density at radius 2 is 2.12 bits per heavy atom. The molecule has 0 radical (unpaired) electrons. The van der Waals surface area contributed by atoms with Crippen LogP contribution in [0.3, 0.4) is 0 Å². The van der Waals surface area contributed by atoms with Crippen molar-refractivity contribution in [3.63, 3.8) is 0 Å². The number of ether oxygens (including phenoxy) is 1. The molecule has 4 rings (SSSR count). The molecule has 132 valence electrons. The summed E-state index contributed by atoms with van der Waals surface area (Å²) < 4.78 is 7.10. The predicted molar refractivity (Wildman–Crippen MR) is 95.9 cm³/mol. The van der Waals surface area contributed by atoms with Gasteiger partial charge >= 0.3 is 5.97 Å². The molecule has 0 fully saturated rings. The van der Waals surface area contributed by atoms with Crippen molar-refractivity contribution in [1.29, 1.82) is 0 Å². The molecule has 3 heterocycles. The van der Waals surface area contributed by atoms with E-state index in [0.29, 0.717) is 17.7 Å². The minimum absolute atomic E-state index is 0.196. The van der Waals surface area contributed by atoms with Gasteiger partial charge in [-0.2, -0.15) is 5.10 Å². The standard InChI is InChI=1S/C19H18N4O3/c1-11(2)23-17-13(9-21-23)7-14(10-20-17)22-18(24)16-8-12-5-3-4-6-15(12)19(25)26-16/h3-7,9-11,16H,8H2,1-2H3,(H,22,24). The van der Waals surface area contributed by atoms with Gasteiger partial charge in [-0.3, -0.25) is 4.79 Å². The van der Waals surface area contributed by atoms with E-state index in [0.717, 1.165) is 16.6 Å². The normalized spacial score (nSPS) is 16.4. The van der Waals surface area contributed by atoms with Gasteiger partial charge in [0.15, 0.2) is 11.8 Å². The zero-order chi connectivity index (χ0) is 18.3. The molecular formula is C19H18N4O3. The highest BCUT2D eigenvalue weighted by Gasteiger charge is 2.31. The van der Waals surface area contributed by atoms with Crippen LogP contribution in [0.25, 0.3) is 11.0 Å². The molecule has 2 aromatic heterocycles. The van der Waals surface area contributed by atoms with Crippen molar-refractivity contribution in [3.8, 4) is 0 Å². The first-order valence-corrected chi connectivity index (χ1v) is 8.46. The first-order chi connectivity index (χ1) is 12.5. The SMILES string of the molecule is CC(C)n1ncc2cc(NC(=O)C3Cc4ccccc4C(=O)O3)cnc21. The molecule has 7 nitrogen and oxygen atoms in total. The molecule has 0 saturated heterocycles. The van der Waals surface area contributed by atoms with E-state index in [-0.39, 0.29) is 11.9 Å². The van der Waals surface area contributed by atoms with Crippen LogP contribution in [0.1, 0.15) is 35.8 Å². The summed E-state index contributed by atoms with van der Waals surface area (Å²) in [5.74, 6) is -0.843. The molecule has 1 N–H and O–H groups in total. The van der Waals surface area contributed by atoms with Crippen molar-refractivity contribution in [2.45, 2.75) is 32.4 Å². The van der Waals surface area contributed by atoms with Crippen molar-refractivity contribution in [2.75, 3.05) is 5.32 Å². The van der Waals surface area contributed by atoms with Gasteiger partial charge in [-0.1, -0.05) is 18.2 Å². The summed E-state index contributed by atoms with van der Waals surface area (Å²) >= 11 is 0. The van der Waals surface area contributed by atoms with Crippen molar-refractivity contribution in [3.05, 3.63) is 53.9 Å². The van der Waals surface area contributed by atoms with E-state index in [1.807, 2.05) is 36.7 Å². The summed E-state index contributed by atoms with van der Waals surface area (Å²) in [4.78, 5) is 29.0. The third kappa shape index (κ3) is 2.81. The number of pyridine rings is 1. The minimum atomic E-state index is -0.855. The highest BCUT2D eigenvalue weighted by atomic mass is 16.5. The molecule has 0 bridgehead atoms. The molecule has 0 spiro atoms. The number of hydrogen-bond donors (Lipinski definition) is 1. The highest BCUT2D eigenvalue weighted by Crippen LogP contribution is 2.23. The number of anilines is 1. The second kappa shape index (κ2) is 6.25. The molecule has 1 atom stereocenters. The van der Waals surface area contributed by atoms with Gasteiger partial charge in [0.1, 0.15) is 0 Å². The van der Waals surface area contributed by atoms with E-state index in [1.54, 1.807) is 24.5 Å². The number of cyclic esters (lactones) is 1. The molecular weight excluding hydrogens is 332 g/mol. The van der Waals surface area contributed by atoms with Gasteiger partial charge in [0, 0.05) is 17.8 Å². The number of fused-ring (bicyclic) bond motifs is 2. The molecule has 1 aliphatic rings. The summed E-state index contributed by atoms with van der Waals surface area (Å²) in [6, 6.07) is 9.17. The molecule has 0 aliphatic carbocycles. The number of esters is 1. The Balaban J connectivity index is 1.53. The molecule has 1 aromatic carbocycles. The average molecular weight is 350 g/mol. The third-order valence-corrected chi connectivity index (χ3v) is 4.37. The van der Waals surface area contributed by atoms with Gasteiger partial charge in [-0.05, 0) is 31.5 Å². The lowest BCUT2D eigenvalue weighted by atomic mass is 9.98. The predicted octanol–water partition coefficient (Wildman–Crippen LogP) is 2.73. The van der Waals surface area contributed by atoms with Crippen LogP contribution in [0.4, 0.5) is 5.69 Å². The fraction of sp³-hybridized carbons (Fsp3) is 0.263. The number of nitrogens with one attached hydrogen (secondary N) is 1. The van der Waals surface area contributed by atoms with Crippen molar-refractivity contribution >= 4 is 28.6 Å². The van der Waals surface area contributed by atoms with E-state index in [1.165, 1.54) is 0 Å². The number of benzene rings is 1. The molecule has 26 heavy (non-hydrogen) atoms. The summed E-state index contributed by atoms with van der Waals surface area (Å²) in [6.45, 7) is 4.05. The van der Waals surface area contributed by atoms with Crippen LogP contribution in [0.15, 0.2) is 42.7 Å². The Bertz CT molecular complexity index is 1010. The van der Waals surface area contributed by atoms with Crippen molar-refractivity contribution in [2.24, 2.45) is 0 Å². The topological polar surface area (TPSA) is 86.1 Å². The number of amides is 1. The lowest BCUT2D eigenvalue weighted by molar-refractivity contribution is -0.125. The third-order valence-electron chi connectivity index (χ3n) is 4.37. The monoisotopic (exact) mass is 350 g/mol. The smallest absolute Gasteiger partial charge is 0.339 e. The second-order valence-corrected chi connectivity index (χ2v) is 6.56. The molecule has 7 heteroatoms. The number of rotatable bonds is 3. The van der Waals surface area contributed by atoms with E-state index in [9.17, 15) is 9.59 Å². The molecule has 1 amide bonds. The van der Waals surface area contributed by atoms with Gasteiger partial charge < -0.3 is 10.1 Å². The highest BCUT2D eigenvalue weighted by molar-refractivity contribution is 6.00. The van der Waals surface area contributed by atoms with Crippen LogP contribution < -0.4 is 5.32 Å². The average Bonchev–Trinajstić information content (AvgIpc) is 3.05. The van der Waals surface area contributed by atoms with Crippen LogP contribution in [-0.2, 0) is 16.0 Å². The first kappa shape index (κ1) is 16.3. The van der Waals surface area contributed by atoms with Crippen molar-refractivity contribution in [1.82, 2.24) is 14.8 Å². The largest absolute Gasteiger partial charge is 0.448 e. The van der Waals surface area contributed by atoms with Gasteiger partial charge in [0.2, 0.25) is 0 Å². The molecule has 3 aromatic rings. The van der Waals surface area contributed by atoms with Crippen LogP contribution in [-0.4, -0.2) is 32.7 Å². The number of carbonyl (C=O) groups excluding carboxylic acids is 2. The maximum atomic E-state index is 12.5. The van der Waals surface area contributed by atoms with Gasteiger partial charge in [0.25, 0.3) is 5.91 Å². The zero-order valence-corrected chi connectivity index (χ0v) is 14.5. The van der Waals surface area contributed by atoms with Crippen LogP contribution in [0, 0.1) is 0 Å². The number of nitrogens with zero attached hydrogens (tertiary/aromatic N) is 3. The Morgan fingerprint density at radius 3 is 2.92 bits per heavy atom. The second-order valence-electron chi connectivity index (χ2n) is 6.56. The van der Waals surface area contributed by atoms with Crippen LogP contribution in [0.2, 0.25) is 0 Å². The Kier molecular flexibility index (Phi) is 3.91. The first-order valence-electron chi connectivity index (χ1n) is 8.46. The lowest BCUT2D eigenvalue weighted by Gasteiger charge is -2.23. The summed E-state index contributed by atoms with van der Waals surface area (Å²) in [6.07, 6.45) is 2.80. The number of aromatic nitrogens is 3. The Hall–Kier alpha value is -3.22. The van der Waals surface area contributed by atoms with Crippen molar-refractivity contribution < 1.29 is 14.3 Å². The number of carbonyl (C=O) groups is 2. The summed E-state index contributed by atoms with van der Waals surface area (Å²) in [5, 5.41) is 7.93. The molecule has 1 aliphatic heterocycles. The fourth-order valence-electron chi connectivity index (χ4n) is 3.09. The minimum Gasteiger partial charge on any atom is -0.448 e. The van der Waals surface area contributed by atoms with E-state index < -0.39 is 12.1 Å². The summed E-state index contributed by atoms with van der Waals surface area (Å²) in [5.41, 5.74) is 2.63. The van der Waals surface area contributed by atoms with Gasteiger partial charge in [0.05, 0.1) is 23.6 Å². The maximum Gasteiger partial charge on any atom is 0.339 e. The number of hydrogen-bond acceptors (Lipinski definition) is 5. The zero-order valence-electron chi connectivity index (χ0n) is 14.5. The van der Waals surface area contributed by atoms with Crippen LogP contribution in [0.5, 0.6) is 0 Å². The Morgan fingerprint density at radius 1 is 1.31 bits per heavy atom. The van der Waals surface area contributed by atoms with Gasteiger partial charge in [-0.15, -0.1) is 0 Å².